The van der Waals surface area contributed by atoms with Crippen LogP contribution in [0.5, 0.6) is 0 Å². The fourth-order valence-electron chi connectivity index (χ4n) is 5.03. The number of hydrogen-bond donors (Lipinski definition) is 1. The smallest absolute Gasteiger partial charge is 0.253 e. The van der Waals surface area contributed by atoms with Crippen molar-refractivity contribution in [3.63, 3.8) is 0 Å². The fourth-order valence-corrected chi connectivity index (χ4v) is 5.16. The summed E-state index contributed by atoms with van der Waals surface area (Å²) in [6.07, 6.45) is 4.80. The third kappa shape index (κ3) is 4.29. The van der Waals surface area contributed by atoms with Gasteiger partial charge >= 0.3 is 0 Å². The highest BCUT2D eigenvalue weighted by Crippen LogP contribution is 2.40. The number of anilines is 3. The van der Waals surface area contributed by atoms with Crippen LogP contribution < -0.4 is 15.1 Å². The minimum absolute atomic E-state index is 0.0194. The third-order valence-electron chi connectivity index (χ3n) is 6.70. The number of halogens is 1. The Bertz CT molecular complexity index is 1080. The zero-order valence-electron chi connectivity index (χ0n) is 18.4. The largest absolute Gasteiger partial charge is 0.358 e. The van der Waals surface area contributed by atoms with E-state index in [0.29, 0.717) is 22.0 Å². The summed E-state index contributed by atoms with van der Waals surface area (Å²) in [6, 6.07) is 12.2. The molecule has 0 aromatic heterocycles. The molecule has 0 radical (unpaired) electrons. The average Bonchev–Trinajstić information content (AvgIpc) is 3.37. The molecule has 5 rings (SSSR count). The number of nitrogens with zero attached hydrogens (tertiary/aromatic N) is 3. The maximum atomic E-state index is 13.5. The number of fused-ring (bicyclic) bond motifs is 3. The van der Waals surface area contributed by atoms with Gasteiger partial charge in [0.05, 0.1) is 11.4 Å². The highest BCUT2D eigenvalue weighted by atomic mass is 35.5. The molecule has 0 aliphatic carbocycles. The Labute approximate surface area is 198 Å². The fraction of sp³-hybridized carbons (Fsp3) is 0.400. The van der Waals surface area contributed by atoms with Gasteiger partial charge in [-0.05, 0) is 74.6 Å². The molecule has 3 heterocycles. The predicted octanol–water partition coefficient (Wildman–Crippen LogP) is 3.92. The van der Waals surface area contributed by atoms with Crippen molar-refractivity contribution in [1.82, 2.24) is 4.90 Å². The lowest BCUT2D eigenvalue weighted by atomic mass is 9.95. The average molecular weight is 467 g/mol. The second-order valence-corrected chi connectivity index (χ2v) is 9.32. The number of amides is 3. The number of likely N-dealkylation sites (tertiary alicyclic amines) is 1. The van der Waals surface area contributed by atoms with E-state index in [1.54, 1.807) is 35.2 Å². The lowest BCUT2D eigenvalue weighted by Crippen LogP contribution is -2.56. The minimum Gasteiger partial charge on any atom is -0.358 e. The van der Waals surface area contributed by atoms with Crippen molar-refractivity contribution in [2.24, 2.45) is 0 Å². The molecule has 0 saturated carbocycles. The van der Waals surface area contributed by atoms with Crippen molar-refractivity contribution in [3.05, 3.63) is 53.1 Å². The predicted molar refractivity (Wildman–Crippen MR) is 129 cm³/mol. The molecule has 3 aliphatic rings. The van der Waals surface area contributed by atoms with Crippen LogP contribution in [0.15, 0.2) is 42.5 Å². The molecule has 33 heavy (non-hydrogen) atoms. The summed E-state index contributed by atoms with van der Waals surface area (Å²) in [5.74, 6) is -0.398. The van der Waals surface area contributed by atoms with Gasteiger partial charge < -0.3 is 15.1 Å². The van der Waals surface area contributed by atoms with E-state index in [-0.39, 0.29) is 30.3 Å². The zero-order valence-corrected chi connectivity index (χ0v) is 19.2. The lowest BCUT2D eigenvalue weighted by molar-refractivity contribution is -0.123. The van der Waals surface area contributed by atoms with E-state index in [0.717, 1.165) is 57.4 Å². The summed E-state index contributed by atoms with van der Waals surface area (Å²) in [7, 11) is 0. The first-order chi connectivity index (χ1) is 16.0. The molecule has 2 saturated heterocycles. The summed E-state index contributed by atoms with van der Waals surface area (Å²) in [5, 5.41) is 3.43. The second kappa shape index (κ2) is 9.06. The van der Waals surface area contributed by atoms with Crippen LogP contribution in [0.25, 0.3) is 0 Å². The molecule has 0 spiro atoms. The Balaban J connectivity index is 1.45. The van der Waals surface area contributed by atoms with E-state index in [9.17, 15) is 14.4 Å². The van der Waals surface area contributed by atoms with Crippen molar-refractivity contribution in [3.8, 4) is 0 Å². The van der Waals surface area contributed by atoms with Crippen LogP contribution in [0.4, 0.5) is 17.1 Å². The molecule has 3 aliphatic heterocycles. The van der Waals surface area contributed by atoms with Crippen LogP contribution in [-0.4, -0.2) is 54.8 Å². The molecular weight excluding hydrogens is 440 g/mol. The number of carbonyl (C=O) groups is 3. The zero-order chi connectivity index (χ0) is 22.9. The number of benzene rings is 2. The summed E-state index contributed by atoms with van der Waals surface area (Å²) in [4.78, 5) is 44.9. The molecule has 1 atom stereocenters. The minimum atomic E-state index is -0.294. The second-order valence-electron chi connectivity index (χ2n) is 8.89. The molecular formula is C25H27ClN4O3. The van der Waals surface area contributed by atoms with Gasteiger partial charge in [-0.2, -0.15) is 0 Å². The summed E-state index contributed by atoms with van der Waals surface area (Å²) in [5.41, 5.74) is 2.72. The Morgan fingerprint density at radius 2 is 1.67 bits per heavy atom. The molecule has 0 unspecified atom stereocenters. The third-order valence-corrected chi connectivity index (χ3v) is 6.95. The van der Waals surface area contributed by atoms with Gasteiger partial charge in [-0.15, -0.1) is 0 Å². The van der Waals surface area contributed by atoms with E-state index in [1.165, 1.54) is 0 Å². The van der Waals surface area contributed by atoms with Crippen LogP contribution in [0, 0.1) is 0 Å². The van der Waals surface area contributed by atoms with Gasteiger partial charge in [0.15, 0.2) is 0 Å². The number of rotatable bonds is 4. The standard InChI is InChI=1S/C25H27ClN4O3/c26-18-7-9-19(10-8-18)27-23(31)16-30-22-15-17(24(32)28-12-3-4-13-28)6-11-20(22)29-14-2-1-5-21(29)25(30)33/h6-11,15,21H,1-5,12-14,16H2,(H,27,31)/t21-/m1/s1. The SMILES string of the molecule is O=C(CN1C(=O)[C@H]2CCCCN2c2ccc(C(=O)N3CCCC3)cc21)Nc1ccc(Cl)cc1. The molecule has 2 aromatic carbocycles. The topological polar surface area (TPSA) is 73.0 Å². The summed E-state index contributed by atoms with van der Waals surface area (Å²) >= 11 is 5.93. The molecule has 2 fully saturated rings. The number of carbonyl (C=O) groups excluding carboxylic acids is 3. The van der Waals surface area contributed by atoms with E-state index in [1.807, 2.05) is 17.0 Å². The number of hydrogen-bond acceptors (Lipinski definition) is 4. The molecule has 172 valence electrons. The molecule has 2 aromatic rings. The maximum absolute atomic E-state index is 13.5. The van der Waals surface area contributed by atoms with E-state index >= 15 is 0 Å². The van der Waals surface area contributed by atoms with E-state index < -0.39 is 0 Å². The Morgan fingerprint density at radius 1 is 0.939 bits per heavy atom. The van der Waals surface area contributed by atoms with Crippen molar-refractivity contribution < 1.29 is 14.4 Å². The quantitative estimate of drug-likeness (QED) is 0.741. The first-order valence-electron chi connectivity index (χ1n) is 11.6. The molecule has 3 amide bonds. The van der Waals surface area contributed by atoms with Gasteiger partial charge in [-0.25, -0.2) is 0 Å². The summed E-state index contributed by atoms with van der Waals surface area (Å²) in [6.45, 7) is 2.21. The Kier molecular flexibility index (Phi) is 5.98. The Morgan fingerprint density at radius 3 is 2.42 bits per heavy atom. The van der Waals surface area contributed by atoms with Crippen molar-refractivity contribution in [2.45, 2.75) is 38.1 Å². The van der Waals surface area contributed by atoms with Crippen LogP contribution in [0.2, 0.25) is 5.02 Å². The van der Waals surface area contributed by atoms with Crippen LogP contribution in [0.3, 0.4) is 0 Å². The van der Waals surface area contributed by atoms with E-state index in [2.05, 4.69) is 10.2 Å². The highest BCUT2D eigenvalue weighted by molar-refractivity contribution is 6.30. The van der Waals surface area contributed by atoms with Gasteiger partial charge in [0.2, 0.25) is 11.8 Å². The van der Waals surface area contributed by atoms with Gasteiger partial charge in [0.1, 0.15) is 12.6 Å². The van der Waals surface area contributed by atoms with Gasteiger partial charge in [-0.1, -0.05) is 11.6 Å². The number of piperidine rings is 1. The molecule has 0 bridgehead atoms. The van der Waals surface area contributed by atoms with Gasteiger partial charge in [0, 0.05) is 35.9 Å². The molecule has 8 heteroatoms. The normalized spacial score (nSPS) is 19.8. The van der Waals surface area contributed by atoms with Crippen LogP contribution in [-0.2, 0) is 9.59 Å². The lowest BCUT2D eigenvalue weighted by Gasteiger charge is -2.45. The first kappa shape index (κ1) is 21.8. The summed E-state index contributed by atoms with van der Waals surface area (Å²) < 4.78 is 0. The monoisotopic (exact) mass is 466 g/mol. The van der Waals surface area contributed by atoms with Crippen LogP contribution in [0.1, 0.15) is 42.5 Å². The van der Waals surface area contributed by atoms with Gasteiger partial charge in [-0.3, -0.25) is 19.3 Å². The first-order valence-corrected chi connectivity index (χ1v) is 12.0. The van der Waals surface area contributed by atoms with Crippen molar-refractivity contribution >= 4 is 46.4 Å². The Hall–Kier alpha value is -3.06. The number of nitrogens with one attached hydrogen (secondary N) is 1. The maximum Gasteiger partial charge on any atom is 0.253 e. The molecule has 7 nitrogen and oxygen atoms in total. The highest BCUT2D eigenvalue weighted by Gasteiger charge is 2.40. The van der Waals surface area contributed by atoms with E-state index in [4.69, 9.17) is 11.6 Å². The van der Waals surface area contributed by atoms with Crippen molar-refractivity contribution in [1.29, 1.82) is 0 Å². The van der Waals surface area contributed by atoms with Crippen molar-refractivity contribution in [2.75, 3.05) is 41.3 Å². The molecule has 1 N–H and O–H groups in total. The van der Waals surface area contributed by atoms with Gasteiger partial charge in [0.25, 0.3) is 5.91 Å². The van der Waals surface area contributed by atoms with Crippen LogP contribution >= 0.6 is 11.6 Å².